The number of imide groups is 1. The van der Waals surface area contributed by atoms with E-state index in [0.717, 1.165) is 17.9 Å². The Hall–Kier alpha value is -2.82. The molecule has 25 heavy (non-hydrogen) atoms. The van der Waals surface area contributed by atoms with Gasteiger partial charge in [0.2, 0.25) is 0 Å². The fourth-order valence-corrected chi connectivity index (χ4v) is 3.68. The van der Waals surface area contributed by atoms with Gasteiger partial charge in [-0.1, -0.05) is 24.3 Å². The lowest BCUT2D eigenvalue weighted by atomic mass is 9.99. The predicted octanol–water partition coefficient (Wildman–Crippen LogP) is 2.99. The molecule has 2 aliphatic heterocycles. The smallest absolute Gasteiger partial charge is 0.261 e. The van der Waals surface area contributed by atoms with Crippen LogP contribution in [-0.2, 0) is 0 Å². The molecule has 0 aromatic heterocycles. The molecule has 0 saturated heterocycles. The van der Waals surface area contributed by atoms with Gasteiger partial charge < -0.3 is 10.2 Å². The molecule has 0 bridgehead atoms. The summed E-state index contributed by atoms with van der Waals surface area (Å²) >= 11 is 0. The first-order valence-electron chi connectivity index (χ1n) is 8.54. The third kappa shape index (κ3) is 2.65. The van der Waals surface area contributed by atoms with Crippen molar-refractivity contribution in [3.05, 3.63) is 59.7 Å². The summed E-state index contributed by atoms with van der Waals surface area (Å²) in [4.78, 5) is 28.7. The Morgan fingerprint density at radius 1 is 0.920 bits per heavy atom. The molecule has 0 radical (unpaired) electrons. The van der Waals surface area contributed by atoms with E-state index in [1.54, 1.807) is 24.3 Å². The Morgan fingerprint density at radius 3 is 2.20 bits per heavy atom. The van der Waals surface area contributed by atoms with Crippen LogP contribution in [0.5, 0.6) is 0 Å². The number of carbonyl (C=O) groups is 2. The molecular weight excluding hydrogens is 314 g/mol. The molecule has 0 saturated carbocycles. The molecule has 5 heteroatoms. The Morgan fingerprint density at radius 2 is 1.52 bits per heavy atom. The number of carbonyl (C=O) groups excluding carboxylic acids is 2. The zero-order valence-electron chi connectivity index (χ0n) is 14.5. The number of fused-ring (bicyclic) bond motifs is 2. The minimum atomic E-state index is -0.191. The van der Waals surface area contributed by atoms with E-state index in [1.165, 1.54) is 4.90 Å². The Labute approximate surface area is 147 Å². The molecule has 4 rings (SSSR count). The second kappa shape index (κ2) is 5.62. The van der Waals surface area contributed by atoms with Crippen LogP contribution >= 0.6 is 0 Å². The number of nitrogens with one attached hydrogen (secondary N) is 1. The molecule has 0 unspecified atom stereocenters. The largest absolute Gasteiger partial charge is 0.377 e. The quantitative estimate of drug-likeness (QED) is 0.876. The summed E-state index contributed by atoms with van der Waals surface area (Å²) in [5.41, 5.74) is 3.14. The maximum atomic E-state index is 12.5. The normalized spacial score (nSPS) is 18.0. The highest BCUT2D eigenvalue weighted by atomic mass is 16.2. The molecule has 2 aliphatic rings. The van der Waals surface area contributed by atoms with Crippen LogP contribution in [0.2, 0.25) is 0 Å². The summed E-state index contributed by atoms with van der Waals surface area (Å²) in [7, 11) is 0. The monoisotopic (exact) mass is 335 g/mol. The van der Waals surface area contributed by atoms with Gasteiger partial charge in [-0.15, -0.1) is 0 Å². The summed E-state index contributed by atoms with van der Waals surface area (Å²) < 4.78 is 0. The maximum absolute atomic E-state index is 12.5. The zero-order chi connectivity index (χ0) is 17.6. The number of hydrogen-bond acceptors (Lipinski definition) is 4. The molecule has 2 amide bonds. The third-order valence-electron chi connectivity index (χ3n) is 4.78. The molecule has 0 spiro atoms. The SMILES string of the molecule is CC1(C)CN(CCN2C(=O)c3ccccc3C2=O)c2ccccc2N1. The van der Waals surface area contributed by atoms with Crippen molar-refractivity contribution in [1.82, 2.24) is 4.90 Å². The second-order valence-electron chi connectivity index (χ2n) is 7.26. The van der Waals surface area contributed by atoms with Crippen molar-refractivity contribution in [3.63, 3.8) is 0 Å². The Bertz CT molecular complexity index is 825. The average Bonchev–Trinajstić information content (AvgIpc) is 2.83. The minimum Gasteiger partial charge on any atom is -0.377 e. The first-order valence-corrected chi connectivity index (χ1v) is 8.54. The van der Waals surface area contributed by atoms with Crippen LogP contribution in [0.4, 0.5) is 11.4 Å². The summed E-state index contributed by atoms with van der Waals surface area (Å²) in [6.45, 7) is 6.12. The van der Waals surface area contributed by atoms with Crippen LogP contribution in [0.1, 0.15) is 34.6 Å². The van der Waals surface area contributed by atoms with E-state index < -0.39 is 0 Å². The molecule has 5 nitrogen and oxygen atoms in total. The third-order valence-corrected chi connectivity index (χ3v) is 4.78. The van der Waals surface area contributed by atoms with Crippen molar-refractivity contribution >= 4 is 23.2 Å². The highest BCUT2D eigenvalue weighted by Crippen LogP contribution is 2.34. The van der Waals surface area contributed by atoms with Crippen LogP contribution in [0.15, 0.2) is 48.5 Å². The fourth-order valence-electron chi connectivity index (χ4n) is 3.68. The molecule has 2 aromatic carbocycles. The lowest BCUT2D eigenvalue weighted by Crippen LogP contribution is -2.50. The number of hydrogen-bond donors (Lipinski definition) is 1. The first kappa shape index (κ1) is 15.7. The molecule has 2 heterocycles. The number of nitrogens with zero attached hydrogens (tertiary/aromatic N) is 2. The van der Waals surface area contributed by atoms with Crippen LogP contribution in [0, 0.1) is 0 Å². The van der Waals surface area contributed by atoms with Gasteiger partial charge in [0.25, 0.3) is 11.8 Å². The van der Waals surface area contributed by atoms with Gasteiger partial charge in [0, 0.05) is 25.2 Å². The van der Waals surface area contributed by atoms with E-state index in [9.17, 15) is 9.59 Å². The Balaban J connectivity index is 1.55. The van der Waals surface area contributed by atoms with Crippen LogP contribution < -0.4 is 10.2 Å². The molecular formula is C20H21N3O2. The van der Waals surface area contributed by atoms with Gasteiger partial charge >= 0.3 is 0 Å². The van der Waals surface area contributed by atoms with Gasteiger partial charge in [-0.3, -0.25) is 14.5 Å². The average molecular weight is 335 g/mol. The van der Waals surface area contributed by atoms with E-state index in [0.29, 0.717) is 24.2 Å². The van der Waals surface area contributed by atoms with E-state index in [4.69, 9.17) is 0 Å². The van der Waals surface area contributed by atoms with Crippen molar-refractivity contribution in [2.75, 3.05) is 29.9 Å². The van der Waals surface area contributed by atoms with Gasteiger partial charge in [0.15, 0.2) is 0 Å². The molecule has 0 atom stereocenters. The van der Waals surface area contributed by atoms with Crippen molar-refractivity contribution in [2.24, 2.45) is 0 Å². The summed E-state index contributed by atoms with van der Waals surface area (Å²) in [6, 6.07) is 15.2. The fraction of sp³-hybridized carbons (Fsp3) is 0.300. The van der Waals surface area contributed by atoms with Gasteiger partial charge in [-0.2, -0.15) is 0 Å². The highest BCUT2D eigenvalue weighted by Gasteiger charge is 2.36. The topological polar surface area (TPSA) is 52.7 Å². The summed E-state index contributed by atoms with van der Waals surface area (Å²) in [5.74, 6) is -0.383. The van der Waals surface area contributed by atoms with Crippen molar-refractivity contribution in [2.45, 2.75) is 19.4 Å². The standard InChI is InChI=1S/C20H21N3O2/c1-20(2)13-22(17-10-6-5-9-16(17)21-20)11-12-23-18(24)14-7-3-4-8-15(14)19(23)25/h3-10,21H,11-13H2,1-2H3. The lowest BCUT2D eigenvalue weighted by molar-refractivity contribution is 0.0658. The van der Waals surface area contributed by atoms with E-state index >= 15 is 0 Å². The van der Waals surface area contributed by atoms with Crippen LogP contribution in [-0.4, -0.2) is 41.9 Å². The van der Waals surface area contributed by atoms with Crippen molar-refractivity contribution < 1.29 is 9.59 Å². The van der Waals surface area contributed by atoms with Gasteiger partial charge in [0.05, 0.1) is 22.5 Å². The molecule has 2 aromatic rings. The number of rotatable bonds is 3. The lowest BCUT2D eigenvalue weighted by Gasteiger charge is -2.42. The second-order valence-corrected chi connectivity index (χ2v) is 7.26. The Kier molecular flexibility index (Phi) is 3.53. The van der Waals surface area contributed by atoms with Crippen molar-refractivity contribution in [3.8, 4) is 0 Å². The summed E-state index contributed by atoms with van der Waals surface area (Å²) in [5, 5.41) is 3.54. The minimum absolute atomic E-state index is 0.0731. The van der Waals surface area contributed by atoms with Gasteiger partial charge in [0.1, 0.15) is 0 Å². The maximum Gasteiger partial charge on any atom is 0.261 e. The first-order chi connectivity index (χ1) is 12.0. The van der Waals surface area contributed by atoms with Crippen LogP contribution in [0.25, 0.3) is 0 Å². The summed E-state index contributed by atoms with van der Waals surface area (Å²) in [6.07, 6.45) is 0. The van der Waals surface area contributed by atoms with E-state index in [1.807, 2.05) is 12.1 Å². The molecule has 0 fully saturated rings. The van der Waals surface area contributed by atoms with Gasteiger partial charge in [-0.05, 0) is 38.1 Å². The van der Waals surface area contributed by atoms with E-state index in [-0.39, 0.29) is 17.4 Å². The predicted molar refractivity (Wildman–Crippen MR) is 98.2 cm³/mol. The zero-order valence-corrected chi connectivity index (χ0v) is 14.5. The molecule has 128 valence electrons. The highest BCUT2D eigenvalue weighted by molar-refractivity contribution is 6.21. The molecule has 0 aliphatic carbocycles. The van der Waals surface area contributed by atoms with Crippen LogP contribution in [0.3, 0.4) is 0 Å². The molecule has 1 N–H and O–H groups in total. The number of benzene rings is 2. The number of para-hydroxylation sites is 2. The van der Waals surface area contributed by atoms with Crippen molar-refractivity contribution in [1.29, 1.82) is 0 Å². The number of anilines is 2. The van der Waals surface area contributed by atoms with Gasteiger partial charge in [-0.25, -0.2) is 0 Å². The number of amides is 2. The van der Waals surface area contributed by atoms with E-state index in [2.05, 4.69) is 36.2 Å².